The van der Waals surface area contributed by atoms with E-state index < -0.39 is 10.0 Å². The van der Waals surface area contributed by atoms with Gasteiger partial charge in [-0.1, -0.05) is 6.07 Å². The minimum absolute atomic E-state index is 0.163. The van der Waals surface area contributed by atoms with Crippen LogP contribution >= 0.6 is 11.3 Å². The van der Waals surface area contributed by atoms with Gasteiger partial charge in [0.1, 0.15) is 22.1 Å². The molecule has 170 valence electrons. The molecule has 0 atom stereocenters. The molecule has 0 amide bonds. The van der Waals surface area contributed by atoms with E-state index in [2.05, 4.69) is 15.1 Å². The fourth-order valence-electron chi connectivity index (χ4n) is 3.57. The highest BCUT2D eigenvalue weighted by molar-refractivity contribution is 7.89. The van der Waals surface area contributed by atoms with Gasteiger partial charge in [0.25, 0.3) is 0 Å². The molecule has 0 N–H and O–H groups in total. The van der Waals surface area contributed by atoms with E-state index in [9.17, 15) is 8.42 Å². The number of thiophene rings is 1. The molecule has 0 spiro atoms. The number of piperazine rings is 1. The van der Waals surface area contributed by atoms with Gasteiger partial charge in [-0.25, -0.2) is 8.42 Å². The quantitative estimate of drug-likeness (QED) is 0.494. The standard InChI is InChI=1S/C22H26N4O4S2/c1-3-29-17-7-9-21(19(16-17)30-4-2)32(27,28)26-13-11-25(12-14-26)22-10-8-18(23-24-22)20-6-5-15-31-20/h5-10,15-16H,3-4,11-14H2,1-2H3. The second-order valence-electron chi connectivity index (χ2n) is 7.12. The van der Waals surface area contributed by atoms with Crippen LogP contribution in [0.2, 0.25) is 0 Å². The fraction of sp³-hybridized carbons (Fsp3) is 0.364. The SMILES string of the molecule is CCOc1ccc(S(=O)(=O)N2CCN(c3ccc(-c4cccs4)nn3)CC2)c(OCC)c1. The van der Waals surface area contributed by atoms with Crippen molar-refractivity contribution in [1.82, 2.24) is 14.5 Å². The lowest BCUT2D eigenvalue weighted by Gasteiger charge is -2.34. The molecule has 1 fully saturated rings. The van der Waals surface area contributed by atoms with Crippen LogP contribution in [0.1, 0.15) is 13.8 Å². The molecule has 1 saturated heterocycles. The molecule has 2 aromatic heterocycles. The molecule has 3 heterocycles. The molecule has 0 unspecified atom stereocenters. The van der Waals surface area contributed by atoms with E-state index in [0.717, 1.165) is 16.4 Å². The molecule has 0 saturated carbocycles. The molecule has 4 rings (SSSR count). The zero-order valence-electron chi connectivity index (χ0n) is 18.1. The van der Waals surface area contributed by atoms with Gasteiger partial charge in [-0.3, -0.25) is 0 Å². The van der Waals surface area contributed by atoms with Gasteiger partial charge in [0.15, 0.2) is 5.82 Å². The first-order chi connectivity index (χ1) is 15.5. The van der Waals surface area contributed by atoms with Gasteiger partial charge in [0.05, 0.1) is 18.1 Å². The summed E-state index contributed by atoms with van der Waals surface area (Å²) in [5.74, 6) is 1.65. The fourth-order valence-corrected chi connectivity index (χ4v) is 5.80. The molecule has 1 aromatic carbocycles. The molecule has 0 radical (unpaired) electrons. The molecule has 1 aliphatic heterocycles. The van der Waals surface area contributed by atoms with Crippen LogP contribution in [0.5, 0.6) is 11.5 Å². The van der Waals surface area contributed by atoms with Crippen LogP contribution in [-0.4, -0.2) is 62.3 Å². The van der Waals surface area contributed by atoms with E-state index in [-0.39, 0.29) is 4.90 Å². The number of sulfonamides is 1. The summed E-state index contributed by atoms with van der Waals surface area (Å²) in [6.07, 6.45) is 0. The van der Waals surface area contributed by atoms with Crippen LogP contribution in [0.3, 0.4) is 0 Å². The van der Waals surface area contributed by atoms with Crippen molar-refractivity contribution < 1.29 is 17.9 Å². The minimum Gasteiger partial charge on any atom is -0.494 e. The largest absolute Gasteiger partial charge is 0.494 e. The molecule has 32 heavy (non-hydrogen) atoms. The lowest BCUT2D eigenvalue weighted by Crippen LogP contribution is -2.49. The van der Waals surface area contributed by atoms with Gasteiger partial charge in [-0.2, -0.15) is 4.31 Å². The molecule has 1 aliphatic rings. The Kier molecular flexibility index (Phi) is 6.92. The van der Waals surface area contributed by atoms with Crippen molar-refractivity contribution in [3.05, 3.63) is 47.8 Å². The monoisotopic (exact) mass is 474 g/mol. The van der Waals surface area contributed by atoms with Crippen molar-refractivity contribution in [2.75, 3.05) is 44.3 Å². The van der Waals surface area contributed by atoms with Gasteiger partial charge in [0, 0.05) is 32.2 Å². The first-order valence-electron chi connectivity index (χ1n) is 10.5. The van der Waals surface area contributed by atoms with Gasteiger partial charge in [-0.05, 0) is 49.6 Å². The van der Waals surface area contributed by atoms with E-state index in [4.69, 9.17) is 9.47 Å². The Bertz CT molecular complexity index is 1130. The summed E-state index contributed by atoms with van der Waals surface area (Å²) in [5, 5.41) is 10.7. The predicted molar refractivity (Wildman–Crippen MR) is 125 cm³/mol. The number of nitrogens with zero attached hydrogens (tertiary/aromatic N) is 4. The maximum Gasteiger partial charge on any atom is 0.246 e. The molecule has 0 bridgehead atoms. The van der Waals surface area contributed by atoms with Crippen LogP contribution in [0.4, 0.5) is 5.82 Å². The molecule has 8 nitrogen and oxygen atoms in total. The highest BCUT2D eigenvalue weighted by Gasteiger charge is 2.31. The van der Waals surface area contributed by atoms with Crippen molar-refractivity contribution in [2.24, 2.45) is 0 Å². The lowest BCUT2D eigenvalue weighted by atomic mass is 10.3. The van der Waals surface area contributed by atoms with E-state index in [1.54, 1.807) is 29.5 Å². The lowest BCUT2D eigenvalue weighted by molar-refractivity contribution is 0.314. The minimum atomic E-state index is -3.70. The Morgan fingerprint density at radius 2 is 1.75 bits per heavy atom. The van der Waals surface area contributed by atoms with Crippen molar-refractivity contribution in [2.45, 2.75) is 18.7 Å². The van der Waals surface area contributed by atoms with Crippen LogP contribution in [0, 0.1) is 0 Å². The van der Waals surface area contributed by atoms with Crippen molar-refractivity contribution >= 4 is 27.2 Å². The van der Waals surface area contributed by atoms with Crippen molar-refractivity contribution in [3.63, 3.8) is 0 Å². The van der Waals surface area contributed by atoms with Gasteiger partial charge < -0.3 is 14.4 Å². The van der Waals surface area contributed by atoms with Gasteiger partial charge in [-0.15, -0.1) is 21.5 Å². The van der Waals surface area contributed by atoms with Crippen LogP contribution in [0.15, 0.2) is 52.7 Å². The van der Waals surface area contributed by atoms with E-state index in [1.165, 1.54) is 4.31 Å². The molecular weight excluding hydrogens is 448 g/mol. The van der Waals surface area contributed by atoms with Crippen molar-refractivity contribution in [1.29, 1.82) is 0 Å². The smallest absolute Gasteiger partial charge is 0.246 e. The Hall–Kier alpha value is -2.69. The highest BCUT2D eigenvalue weighted by atomic mass is 32.2. The average molecular weight is 475 g/mol. The summed E-state index contributed by atoms with van der Waals surface area (Å²) in [7, 11) is -3.70. The Morgan fingerprint density at radius 3 is 2.38 bits per heavy atom. The number of aromatic nitrogens is 2. The number of hydrogen-bond acceptors (Lipinski definition) is 8. The molecule has 10 heteroatoms. The van der Waals surface area contributed by atoms with Crippen LogP contribution < -0.4 is 14.4 Å². The second kappa shape index (κ2) is 9.85. The first kappa shape index (κ1) is 22.5. The molecule has 3 aromatic rings. The third-order valence-electron chi connectivity index (χ3n) is 5.13. The number of hydrogen-bond donors (Lipinski definition) is 0. The van der Waals surface area contributed by atoms with Gasteiger partial charge >= 0.3 is 0 Å². The first-order valence-corrected chi connectivity index (χ1v) is 12.9. The third-order valence-corrected chi connectivity index (χ3v) is 7.96. The summed E-state index contributed by atoms with van der Waals surface area (Å²) in [4.78, 5) is 3.29. The molecular formula is C22H26N4O4S2. The average Bonchev–Trinajstić information content (AvgIpc) is 3.35. The number of ether oxygens (including phenoxy) is 2. The maximum absolute atomic E-state index is 13.3. The number of benzene rings is 1. The number of anilines is 1. The highest BCUT2D eigenvalue weighted by Crippen LogP contribution is 2.32. The van der Waals surface area contributed by atoms with Crippen LogP contribution in [-0.2, 0) is 10.0 Å². The third kappa shape index (κ3) is 4.72. The van der Waals surface area contributed by atoms with Crippen LogP contribution in [0.25, 0.3) is 10.6 Å². The zero-order valence-corrected chi connectivity index (χ0v) is 19.7. The topological polar surface area (TPSA) is 84.9 Å². The Balaban J connectivity index is 1.46. The van der Waals surface area contributed by atoms with Gasteiger partial charge in [0.2, 0.25) is 10.0 Å². The normalized spacial score (nSPS) is 15.0. The Labute approximate surface area is 192 Å². The molecule has 0 aliphatic carbocycles. The summed E-state index contributed by atoms with van der Waals surface area (Å²) < 4.78 is 39.3. The maximum atomic E-state index is 13.3. The summed E-state index contributed by atoms with van der Waals surface area (Å²) >= 11 is 1.62. The van der Waals surface area contributed by atoms with E-state index in [0.29, 0.717) is 50.9 Å². The number of rotatable bonds is 8. The summed E-state index contributed by atoms with van der Waals surface area (Å²) in [6.45, 7) is 6.35. The predicted octanol–water partition coefficient (Wildman–Crippen LogP) is 3.51. The second-order valence-corrected chi connectivity index (χ2v) is 9.97. The van der Waals surface area contributed by atoms with Crippen molar-refractivity contribution in [3.8, 4) is 22.1 Å². The summed E-state index contributed by atoms with van der Waals surface area (Å²) in [6, 6.07) is 12.7. The summed E-state index contributed by atoms with van der Waals surface area (Å²) in [5.41, 5.74) is 0.837. The van der Waals surface area contributed by atoms with E-state index in [1.807, 2.05) is 43.5 Å². The zero-order chi connectivity index (χ0) is 22.6. The Morgan fingerprint density at radius 1 is 0.969 bits per heavy atom. The van der Waals surface area contributed by atoms with E-state index >= 15 is 0 Å².